The highest BCUT2D eigenvalue weighted by atomic mass is 32.2. The van der Waals surface area contributed by atoms with Crippen molar-refractivity contribution in [3.05, 3.63) is 58.2 Å². The molecule has 0 bridgehead atoms. The lowest BCUT2D eigenvalue weighted by atomic mass is 10.2. The lowest BCUT2D eigenvalue weighted by Gasteiger charge is -2.13. The molecule has 0 aliphatic rings. The van der Waals surface area contributed by atoms with Crippen LogP contribution in [-0.4, -0.2) is 26.4 Å². The largest absolute Gasteiger partial charge is 0.326 e. The maximum absolute atomic E-state index is 12.4. The van der Waals surface area contributed by atoms with Gasteiger partial charge in [-0.2, -0.15) is 5.26 Å². The monoisotopic (exact) mass is 383 g/mol. The number of thioether (sulfide) groups is 1. The number of carbonyl (C=O) groups excluding carboxylic acids is 1. The van der Waals surface area contributed by atoms with Crippen LogP contribution in [0.1, 0.15) is 22.4 Å². The van der Waals surface area contributed by atoms with Crippen LogP contribution in [0.4, 0.5) is 5.82 Å². The van der Waals surface area contributed by atoms with Crippen molar-refractivity contribution in [2.24, 2.45) is 0 Å². The Bertz CT molecular complexity index is 942. The van der Waals surface area contributed by atoms with E-state index in [4.69, 9.17) is 0 Å². The first kappa shape index (κ1) is 18.2. The molecule has 0 aliphatic carbocycles. The molecule has 8 heteroatoms. The Kier molecular flexibility index (Phi) is 5.71. The van der Waals surface area contributed by atoms with Gasteiger partial charge in [0.05, 0.1) is 11.3 Å². The maximum atomic E-state index is 12.4. The number of benzene rings is 1. The molecule has 0 spiro atoms. The molecule has 0 unspecified atom stereocenters. The number of rotatable bonds is 6. The van der Waals surface area contributed by atoms with E-state index in [0.717, 1.165) is 21.2 Å². The lowest BCUT2D eigenvalue weighted by molar-refractivity contribution is -0.113. The Morgan fingerprint density at radius 2 is 2.12 bits per heavy atom. The van der Waals surface area contributed by atoms with E-state index in [-0.39, 0.29) is 11.7 Å². The number of carbonyl (C=O) groups is 1. The van der Waals surface area contributed by atoms with Crippen molar-refractivity contribution in [1.82, 2.24) is 14.8 Å². The standard InChI is InChI=1S/C18H17N5OS2/c1-12-13(2)23(9-14-6-4-3-5-7-14)17(15(12)8-19)21-16(24)10-25-18-22-20-11-26-18/h3-7,11H,9-10H2,1-2H3,(H,21,24). The van der Waals surface area contributed by atoms with Gasteiger partial charge in [-0.15, -0.1) is 10.2 Å². The predicted octanol–water partition coefficient (Wildman–Crippen LogP) is 3.61. The van der Waals surface area contributed by atoms with Crippen LogP contribution < -0.4 is 5.32 Å². The quantitative estimate of drug-likeness (QED) is 0.658. The fourth-order valence-corrected chi connectivity index (χ4v) is 3.90. The summed E-state index contributed by atoms with van der Waals surface area (Å²) in [6, 6.07) is 12.2. The highest BCUT2D eigenvalue weighted by Crippen LogP contribution is 2.28. The minimum absolute atomic E-state index is 0.173. The minimum atomic E-state index is -0.173. The second kappa shape index (κ2) is 8.17. The Hall–Kier alpha value is -2.63. The van der Waals surface area contributed by atoms with Gasteiger partial charge in [-0.1, -0.05) is 53.4 Å². The normalized spacial score (nSPS) is 10.5. The summed E-state index contributed by atoms with van der Waals surface area (Å²) in [5.41, 5.74) is 5.10. The third kappa shape index (κ3) is 3.95. The molecule has 2 heterocycles. The van der Waals surface area contributed by atoms with Crippen LogP contribution >= 0.6 is 23.1 Å². The van der Waals surface area contributed by atoms with Gasteiger partial charge in [0.15, 0.2) is 4.34 Å². The molecule has 1 aromatic carbocycles. The molecule has 0 saturated carbocycles. The zero-order chi connectivity index (χ0) is 18.5. The first-order chi connectivity index (χ1) is 12.6. The summed E-state index contributed by atoms with van der Waals surface area (Å²) in [6.07, 6.45) is 0. The fourth-order valence-electron chi connectivity index (χ4n) is 2.62. The van der Waals surface area contributed by atoms with Crippen LogP contribution in [-0.2, 0) is 11.3 Å². The van der Waals surface area contributed by atoms with E-state index in [0.29, 0.717) is 17.9 Å². The summed E-state index contributed by atoms with van der Waals surface area (Å²) in [7, 11) is 0. The molecule has 0 atom stereocenters. The molecule has 6 nitrogen and oxygen atoms in total. The van der Waals surface area contributed by atoms with E-state index in [1.54, 1.807) is 5.51 Å². The van der Waals surface area contributed by atoms with Crippen LogP contribution in [0.2, 0.25) is 0 Å². The first-order valence-electron chi connectivity index (χ1n) is 7.92. The molecule has 26 heavy (non-hydrogen) atoms. The molecule has 3 aromatic rings. The van der Waals surface area contributed by atoms with Gasteiger partial charge in [-0.3, -0.25) is 4.79 Å². The fraction of sp³-hybridized carbons (Fsp3) is 0.222. The van der Waals surface area contributed by atoms with E-state index < -0.39 is 0 Å². The minimum Gasteiger partial charge on any atom is -0.326 e. The molecule has 2 aromatic heterocycles. The predicted molar refractivity (Wildman–Crippen MR) is 103 cm³/mol. The van der Waals surface area contributed by atoms with Crippen molar-refractivity contribution in [2.75, 3.05) is 11.1 Å². The second-order valence-electron chi connectivity index (χ2n) is 5.66. The molecule has 0 radical (unpaired) electrons. The summed E-state index contributed by atoms with van der Waals surface area (Å²) in [6.45, 7) is 4.46. The third-order valence-electron chi connectivity index (χ3n) is 4.05. The van der Waals surface area contributed by atoms with Crippen molar-refractivity contribution in [3.8, 4) is 6.07 Å². The topological polar surface area (TPSA) is 83.6 Å². The zero-order valence-corrected chi connectivity index (χ0v) is 16.0. The Labute approximate surface area is 159 Å². The van der Waals surface area contributed by atoms with E-state index in [2.05, 4.69) is 21.6 Å². The van der Waals surface area contributed by atoms with Crippen LogP contribution in [0, 0.1) is 25.2 Å². The van der Waals surface area contributed by atoms with E-state index in [1.165, 1.54) is 23.1 Å². The maximum Gasteiger partial charge on any atom is 0.235 e. The van der Waals surface area contributed by atoms with Gasteiger partial charge in [0.1, 0.15) is 17.4 Å². The summed E-state index contributed by atoms with van der Waals surface area (Å²) < 4.78 is 2.73. The molecular weight excluding hydrogens is 366 g/mol. The van der Waals surface area contributed by atoms with Gasteiger partial charge in [0.2, 0.25) is 5.91 Å². The summed E-state index contributed by atoms with van der Waals surface area (Å²) >= 11 is 2.72. The highest BCUT2D eigenvalue weighted by Gasteiger charge is 2.20. The molecule has 0 aliphatic heterocycles. The van der Waals surface area contributed by atoms with Crippen molar-refractivity contribution in [2.45, 2.75) is 24.7 Å². The van der Waals surface area contributed by atoms with Gasteiger partial charge in [0.25, 0.3) is 0 Å². The molecule has 0 fully saturated rings. The lowest BCUT2D eigenvalue weighted by Crippen LogP contribution is -2.18. The zero-order valence-electron chi connectivity index (χ0n) is 14.4. The van der Waals surface area contributed by atoms with Crippen LogP contribution in [0.5, 0.6) is 0 Å². The van der Waals surface area contributed by atoms with E-state index in [9.17, 15) is 10.1 Å². The van der Waals surface area contributed by atoms with Gasteiger partial charge in [-0.05, 0) is 25.0 Å². The van der Waals surface area contributed by atoms with Crippen LogP contribution in [0.3, 0.4) is 0 Å². The number of nitriles is 1. The van der Waals surface area contributed by atoms with E-state index in [1.807, 2.05) is 48.7 Å². The number of anilines is 1. The molecule has 1 N–H and O–H groups in total. The van der Waals surface area contributed by atoms with Gasteiger partial charge in [-0.25, -0.2) is 0 Å². The number of hydrogen-bond donors (Lipinski definition) is 1. The average Bonchev–Trinajstić information content (AvgIpc) is 3.24. The Morgan fingerprint density at radius 1 is 1.35 bits per heavy atom. The number of hydrogen-bond acceptors (Lipinski definition) is 6. The molecule has 0 saturated heterocycles. The van der Waals surface area contributed by atoms with Gasteiger partial charge in [0, 0.05) is 12.2 Å². The van der Waals surface area contributed by atoms with Crippen molar-refractivity contribution in [3.63, 3.8) is 0 Å². The van der Waals surface area contributed by atoms with Gasteiger partial charge < -0.3 is 9.88 Å². The third-order valence-corrected chi connectivity index (χ3v) is 5.91. The van der Waals surface area contributed by atoms with E-state index >= 15 is 0 Å². The second-order valence-corrected chi connectivity index (χ2v) is 7.71. The van der Waals surface area contributed by atoms with Crippen molar-refractivity contribution in [1.29, 1.82) is 5.26 Å². The molecule has 1 amide bonds. The Morgan fingerprint density at radius 3 is 2.77 bits per heavy atom. The number of nitrogens with one attached hydrogen (secondary N) is 1. The average molecular weight is 384 g/mol. The van der Waals surface area contributed by atoms with Crippen LogP contribution in [0.25, 0.3) is 0 Å². The SMILES string of the molecule is Cc1c(C#N)c(NC(=O)CSc2nncs2)n(Cc2ccccc2)c1C. The highest BCUT2D eigenvalue weighted by molar-refractivity contribution is 8.01. The smallest absolute Gasteiger partial charge is 0.235 e. The number of amides is 1. The van der Waals surface area contributed by atoms with Crippen LogP contribution in [0.15, 0.2) is 40.2 Å². The van der Waals surface area contributed by atoms with Gasteiger partial charge >= 0.3 is 0 Å². The molecule has 132 valence electrons. The first-order valence-corrected chi connectivity index (χ1v) is 9.79. The summed E-state index contributed by atoms with van der Waals surface area (Å²) in [5, 5.41) is 20.1. The van der Waals surface area contributed by atoms with Crippen molar-refractivity contribution < 1.29 is 4.79 Å². The molecule has 3 rings (SSSR count). The Balaban J connectivity index is 1.83. The summed E-state index contributed by atoms with van der Waals surface area (Å²) in [5.74, 6) is 0.594. The van der Waals surface area contributed by atoms with Crippen molar-refractivity contribution >= 4 is 34.8 Å². The molecular formula is C18H17N5OS2. The number of aromatic nitrogens is 3. The number of nitrogens with zero attached hydrogens (tertiary/aromatic N) is 4. The summed E-state index contributed by atoms with van der Waals surface area (Å²) in [4.78, 5) is 12.4.